The summed E-state index contributed by atoms with van der Waals surface area (Å²) in [6, 6.07) is -0.0441. The summed E-state index contributed by atoms with van der Waals surface area (Å²) in [7, 11) is 0. The summed E-state index contributed by atoms with van der Waals surface area (Å²) in [5, 5.41) is 0. The lowest BCUT2D eigenvalue weighted by Crippen LogP contribution is -2.50. The third-order valence-corrected chi connectivity index (χ3v) is 4.99. The van der Waals surface area contributed by atoms with E-state index in [2.05, 4.69) is 0 Å². The van der Waals surface area contributed by atoms with Crippen LogP contribution in [0.5, 0.6) is 0 Å². The van der Waals surface area contributed by atoms with Crippen molar-refractivity contribution in [3.05, 3.63) is 0 Å². The first kappa shape index (κ1) is 12.2. The van der Waals surface area contributed by atoms with E-state index in [1.165, 1.54) is 6.42 Å². The Morgan fingerprint density at radius 2 is 1.44 bits per heavy atom. The average Bonchev–Trinajstić information content (AvgIpc) is 2.84. The summed E-state index contributed by atoms with van der Waals surface area (Å²) < 4.78 is 0. The van der Waals surface area contributed by atoms with E-state index in [9.17, 15) is 9.59 Å². The summed E-state index contributed by atoms with van der Waals surface area (Å²) in [4.78, 5) is 26.4. The zero-order valence-corrected chi connectivity index (χ0v) is 10.8. The molecule has 1 saturated heterocycles. The zero-order chi connectivity index (χ0) is 12.7. The third kappa shape index (κ3) is 1.78. The van der Waals surface area contributed by atoms with Crippen molar-refractivity contribution >= 4 is 11.8 Å². The molecular weight excluding hydrogens is 228 g/mol. The Hall–Kier alpha value is -0.900. The van der Waals surface area contributed by atoms with Gasteiger partial charge < -0.3 is 5.73 Å². The van der Waals surface area contributed by atoms with Crippen LogP contribution in [-0.4, -0.2) is 28.8 Å². The predicted molar refractivity (Wildman–Crippen MR) is 67.5 cm³/mol. The van der Waals surface area contributed by atoms with Crippen LogP contribution < -0.4 is 5.73 Å². The van der Waals surface area contributed by atoms with E-state index in [0.29, 0.717) is 0 Å². The van der Waals surface area contributed by atoms with Crippen LogP contribution in [0.15, 0.2) is 0 Å². The van der Waals surface area contributed by atoms with Gasteiger partial charge in [-0.25, -0.2) is 0 Å². The Balaban J connectivity index is 1.82. The molecule has 2 amide bonds. The molecule has 4 nitrogen and oxygen atoms in total. The number of carbonyl (C=O) groups excluding carboxylic acids is 2. The molecule has 4 unspecified atom stereocenters. The molecule has 3 fully saturated rings. The summed E-state index contributed by atoms with van der Waals surface area (Å²) in [6.45, 7) is 0. The van der Waals surface area contributed by atoms with Crippen molar-refractivity contribution in [2.75, 3.05) is 0 Å². The van der Waals surface area contributed by atoms with E-state index in [4.69, 9.17) is 5.73 Å². The maximum Gasteiger partial charge on any atom is 0.233 e. The number of carbonyl (C=O) groups is 2. The van der Waals surface area contributed by atoms with Gasteiger partial charge in [0.1, 0.15) is 0 Å². The highest BCUT2D eigenvalue weighted by Gasteiger charge is 2.52. The summed E-state index contributed by atoms with van der Waals surface area (Å²) in [5.74, 6) is 0.107. The van der Waals surface area contributed by atoms with Crippen LogP contribution in [-0.2, 0) is 9.59 Å². The third-order valence-electron chi connectivity index (χ3n) is 4.99. The SMILES string of the molecule is NC1CCCCCC1N1C(=O)C2CCCC2C1=O. The molecule has 18 heavy (non-hydrogen) atoms. The van der Waals surface area contributed by atoms with Crippen molar-refractivity contribution in [3.63, 3.8) is 0 Å². The molecule has 2 N–H and O–H groups in total. The van der Waals surface area contributed by atoms with E-state index < -0.39 is 0 Å². The van der Waals surface area contributed by atoms with Gasteiger partial charge in [-0.05, 0) is 25.7 Å². The van der Waals surface area contributed by atoms with Gasteiger partial charge >= 0.3 is 0 Å². The molecule has 3 rings (SSSR count). The van der Waals surface area contributed by atoms with Crippen molar-refractivity contribution in [1.82, 2.24) is 4.90 Å². The fourth-order valence-corrected chi connectivity index (χ4v) is 3.98. The van der Waals surface area contributed by atoms with Crippen LogP contribution in [0.4, 0.5) is 0 Å². The maximum absolute atomic E-state index is 12.4. The molecule has 2 aliphatic carbocycles. The van der Waals surface area contributed by atoms with E-state index in [0.717, 1.165) is 44.9 Å². The van der Waals surface area contributed by atoms with Crippen LogP contribution in [0.1, 0.15) is 51.4 Å². The van der Waals surface area contributed by atoms with Crippen molar-refractivity contribution in [2.45, 2.75) is 63.5 Å². The van der Waals surface area contributed by atoms with Crippen LogP contribution in [0.25, 0.3) is 0 Å². The molecule has 0 aromatic rings. The Labute approximate surface area is 108 Å². The Morgan fingerprint density at radius 1 is 0.833 bits per heavy atom. The number of fused-ring (bicyclic) bond motifs is 1. The first-order valence-corrected chi connectivity index (χ1v) is 7.32. The molecule has 1 heterocycles. The smallest absolute Gasteiger partial charge is 0.233 e. The molecule has 0 bridgehead atoms. The van der Waals surface area contributed by atoms with Gasteiger partial charge in [-0.15, -0.1) is 0 Å². The average molecular weight is 250 g/mol. The molecule has 0 aromatic heterocycles. The molecule has 1 aliphatic heterocycles. The Kier molecular flexibility index (Phi) is 3.14. The second-order valence-corrected chi connectivity index (χ2v) is 6.06. The first-order chi connectivity index (χ1) is 8.70. The van der Waals surface area contributed by atoms with Gasteiger partial charge in [0.2, 0.25) is 11.8 Å². The van der Waals surface area contributed by atoms with Crippen molar-refractivity contribution in [3.8, 4) is 0 Å². The normalized spacial score (nSPS) is 41.1. The first-order valence-electron chi connectivity index (χ1n) is 7.32. The van der Waals surface area contributed by atoms with Gasteiger partial charge in [0, 0.05) is 6.04 Å². The number of likely N-dealkylation sites (tertiary alicyclic amines) is 1. The minimum absolute atomic E-state index is 0.0146. The minimum atomic E-state index is -0.0295. The van der Waals surface area contributed by atoms with Crippen LogP contribution in [0, 0.1) is 11.8 Å². The quantitative estimate of drug-likeness (QED) is 0.565. The predicted octanol–water partition coefficient (Wildman–Crippen LogP) is 1.43. The summed E-state index contributed by atoms with van der Waals surface area (Å²) in [6.07, 6.45) is 8.05. The number of nitrogens with two attached hydrogens (primary N) is 1. The molecule has 2 saturated carbocycles. The number of amides is 2. The number of nitrogens with zero attached hydrogens (tertiary/aromatic N) is 1. The highest BCUT2D eigenvalue weighted by molar-refractivity contribution is 6.05. The largest absolute Gasteiger partial charge is 0.326 e. The van der Waals surface area contributed by atoms with Gasteiger partial charge in [-0.1, -0.05) is 25.7 Å². The number of hydrogen-bond acceptors (Lipinski definition) is 3. The van der Waals surface area contributed by atoms with Gasteiger partial charge in [0.05, 0.1) is 17.9 Å². The Morgan fingerprint density at radius 3 is 2.11 bits per heavy atom. The van der Waals surface area contributed by atoms with Gasteiger partial charge in [-0.3, -0.25) is 14.5 Å². The number of rotatable bonds is 1. The lowest BCUT2D eigenvalue weighted by Gasteiger charge is -2.30. The second kappa shape index (κ2) is 4.65. The van der Waals surface area contributed by atoms with E-state index in [-0.39, 0.29) is 35.7 Å². The van der Waals surface area contributed by atoms with E-state index >= 15 is 0 Å². The van der Waals surface area contributed by atoms with Crippen molar-refractivity contribution in [1.29, 1.82) is 0 Å². The van der Waals surface area contributed by atoms with Gasteiger partial charge in [0.25, 0.3) is 0 Å². The molecule has 4 heteroatoms. The number of imide groups is 1. The molecule has 0 spiro atoms. The lowest BCUT2D eigenvalue weighted by atomic mass is 10.00. The fourth-order valence-electron chi connectivity index (χ4n) is 3.98. The van der Waals surface area contributed by atoms with Crippen LogP contribution in [0.2, 0.25) is 0 Å². The van der Waals surface area contributed by atoms with Gasteiger partial charge in [0.15, 0.2) is 0 Å². The molecule has 100 valence electrons. The monoisotopic (exact) mass is 250 g/mol. The topological polar surface area (TPSA) is 63.4 Å². The molecule has 4 atom stereocenters. The summed E-state index contributed by atoms with van der Waals surface area (Å²) in [5.41, 5.74) is 6.19. The fraction of sp³-hybridized carbons (Fsp3) is 0.857. The van der Waals surface area contributed by atoms with E-state index in [1.807, 2.05) is 0 Å². The molecule has 0 aromatic carbocycles. The molecule has 3 aliphatic rings. The summed E-state index contributed by atoms with van der Waals surface area (Å²) >= 11 is 0. The van der Waals surface area contributed by atoms with Crippen LogP contribution in [0.3, 0.4) is 0 Å². The molecule has 0 radical (unpaired) electrons. The van der Waals surface area contributed by atoms with E-state index in [1.54, 1.807) is 4.90 Å². The van der Waals surface area contributed by atoms with Crippen molar-refractivity contribution in [2.24, 2.45) is 17.6 Å². The maximum atomic E-state index is 12.4. The lowest BCUT2D eigenvalue weighted by molar-refractivity contribution is -0.143. The minimum Gasteiger partial charge on any atom is -0.326 e. The Bertz CT molecular complexity index is 347. The standard InChI is InChI=1S/C14H22N2O2/c15-11-7-2-1-3-8-12(11)16-13(17)9-5-4-6-10(9)14(16)18/h9-12H,1-8,15H2. The highest BCUT2D eigenvalue weighted by Crippen LogP contribution is 2.41. The van der Waals surface area contributed by atoms with Crippen LogP contribution >= 0.6 is 0 Å². The van der Waals surface area contributed by atoms with Crippen molar-refractivity contribution < 1.29 is 9.59 Å². The number of hydrogen-bond donors (Lipinski definition) is 1. The highest BCUT2D eigenvalue weighted by atomic mass is 16.2. The molecular formula is C14H22N2O2. The van der Waals surface area contributed by atoms with Gasteiger partial charge in [-0.2, -0.15) is 0 Å². The zero-order valence-electron chi connectivity index (χ0n) is 10.8. The second-order valence-electron chi connectivity index (χ2n) is 6.06.